The minimum Gasteiger partial charge on any atom is -0.378 e. The molecule has 0 atom stereocenters. The maximum Gasteiger partial charge on any atom is 0.292 e. The van der Waals surface area contributed by atoms with Crippen LogP contribution in [0.2, 0.25) is 0 Å². The molecule has 2 saturated heterocycles. The van der Waals surface area contributed by atoms with Gasteiger partial charge < -0.3 is 14.5 Å². The highest BCUT2D eigenvalue weighted by molar-refractivity contribution is 5.78. The lowest BCUT2D eigenvalue weighted by atomic mass is 10.2. The van der Waals surface area contributed by atoms with Crippen molar-refractivity contribution in [3.63, 3.8) is 0 Å². The van der Waals surface area contributed by atoms with E-state index in [-0.39, 0.29) is 11.6 Å². The molecule has 1 amide bonds. The van der Waals surface area contributed by atoms with Crippen LogP contribution >= 0.6 is 0 Å². The summed E-state index contributed by atoms with van der Waals surface area (Å²) in [6.45, 7) is 4.95. The van der Waals surface area contributed by atoms with E-state index in [0.29, 0.717) is 64.7 Å². The Bertz CT molecular complexity index is 643. The van der Waals surface area contributed by atoms with E-state index >= 15 is 0 Å². The number of hydrogen-bond acceptors (Lipinski definition) is 6. The molecule has 0 radical (unpaired) electrons. The smallest absolute Gasteiger partial charge is 0.292 e. The fourth-order valence-electron chi connectivity index (χ4n) is 3.16. The van der Waals surface area contributed by atoms with E-state index in [4.69, 9.17) is 4.74 Å². The topological polar surface area (TPSA) is 79.2 Å². The number of benzene rings is 1. The van der Waals surface area contributed by atoms with E-state index < -0.39 is 10.7 Å². The second kappa shape index (κ2) is 7.75. The van der Waals surface area contributed by atoms with Crippen molar-refractivity contribution in [1.82, 2.24) is 9.80 Å². The summed E-state index contributed by atoms with van der Waals surface area (Å²) in [5.41, 5.74) is 0.198. The van der Waals surface area contributed by atoms with E-state index in [1.807, 2.05) is 4.90 Å². The molecule has 0 saturated carbocycles. The van der Waals surface area contributed by atoms with Crippen LogP contribution in [0.15, 0.2) is 18.2 Å². The van der Waals surface area contributed by atoms with Gasteiger partial charge in [-0.2, -0.15) is 0 Å². The number of amides is 1. The third kappa shape index (κ3) is 4.23. The fourth-order valence-corrected chi connectivity index (χ4v) is 3.16. The first-order valence-electron chi connectivity index (χ1n) is 8.31. The van der Waals surface area contributed by atoms with Gasteiger partial charge in [-0.25, -0.2) is 4.39 Å². The number of morpholine rings is 1. The Kier molecular flexibility index (Phi) is 5.44. The number of nitro groups is 1. The fraction of sp³-hybridized carbons (Fsp3) is 0.562. The van der Waals surface area contributed by atoms with Crippen LogP contribution in [0.1, 0.15) is 0 Å². The number of hydrogen-bond donors (Lipinski definition) is 0. The summed E-state index contributed by atoms with van der Waals surface area (Å²) >= 11 is 0. The minimum absolute atomic E-state index is 0.0773. The number of halogens is 1. The third-order valence-electron chi connectivity index (χ3n) is 4.57. The van der Waals surface area contributed by atoms with Gasteiger partial charge in [-0.15, -0.1) is 0 Å². The Morgan fingerprint density at radius 1 is 1.16 bits per heavy atom. The van der Waals surface area contributed by atoms with E-state index in [0.717, 1.165) is 6.07 Å². The van der Waals surface area contributed by atoms with Crippen molar-refractivity contribution in [3.8, 4) is 0 Å². The molecule has 136 valence electrons. The van der Waals surface area contributed by atoms with Crippen LogP contribution in [0, 0.1) is 15.9 Å². The van der Waals surface area contributed by atoms with Gasteiger partial charge in [-0.3, -0.25) is 19.8 Å². The lowest BCUT2D eigenvalue weighted by Crippen LogP contribution is -2.51. The molecule has 2 aliphatic rings. The average molecular weight is 352 g/mol. The zero-order valence-corrected chi connectivity index (χ0v) is 13.9. The highest BCUT2D eigenvalue weighted by atomic mass is 19.1. The lowest BCUT2D eigenvalue weighted by molar-refractivity contribution is -0.384. The van der Waals surface area contributed by atoms with Crippen molar-refractivity contribution in [2.75, 3.05) is 63.9 Å². The van der Waals surface area contributed by atoms with Gasteiger partial charge in [0.15, 0.2) is 0 Å². The first-order chi connectivity index (χ1) is 12.0. The van der Waals surface area contributed by atoms with Gasteiger partial charge >= 0.3 is 0 Å². The van der Waals surface area contributed by atoms with Crippen molar-refractivity contribution in [1.29, 1.82) is 0 Å². The van der Waals surface area contributed by atoms with Crippen LogP contribution in [0.3, 0.4) is 0 Å². The largest absolute Gasteiger partial charge is 0.378 e. The zero-order chi connectivity index (χ0) is 17.8. The quantitative estimate of drug-likeness (QED) is 0.587. The standard InChI is InChI=1S/C16H21FN4O4/c17-13-1-2-14(21(23)24)15(11-13)19-5-3-18(4-6-19)12-16(22)20-7-9-25-10-8-20/h1-2,11H,3-10,12H2. The van der Waals surface area contributed by atoms with Gasteiger partial charge in [0.1, 0.15) is 11.5 Å². The molecule has 25 heavy (non-hydrogen) atoms. The Morgan fingerprint density at radius 2 is 1.84 bits per heavy atom. The summed E-state index contributed by atoms with van der Waals surface area (Å²) < 4.78 is 18.7. The van der Waals surface area contributed by atoms with E-state index in [1.165, 1.54) is 12.1 Å². The number of carbonyl (C=O) groups is 1. The van der Waals surface area contributed by atoms with Crippen LogP contribution in [0.4, 0.5) is 15.8 Å². The summed E-state index contributed by atoms with van der Waals surface area (Å²) in [6.07, 6.45) is 0. The molecule has 3 rings (SSSR count). The lowest BCUT2D eigenvalue weighted by Gasteiger charge is -2.36. The van der Waals surface area contributed by atoms with Gasteiger partial charge in [0.2, 0.25) is 5.91 Å². The Morgan fingerprint density at radius 3 is 2.48 bits per heavy atom. The number of carbonyl (C=O) groups excluding carboxylic acids is 1. The van der Waals surface area contributed by atoms with Gasteiger partial charge in [0.25, 0.3) is 5.69 Å². The number of nitrogens with zero attached hydrogens (tertiary/aromatic N) is 4. The average Bonchev–Trinajstić information content (AvgIpc) is 2.62. The Labute approximate surface area is 144 Å². The molecule has 2 fully saturated rings. The van der Waals surface area contributed by atoms with Crippen LogP contribution in [0.25, 0.3) is 0 Å². The first-order valence-corrected chi connectivity index (χ1v) is 8.31. The molecule has 9 heteroatoms. The number of ether oxygens (including phenoxy) is 1. The van der Waals surface area contributed by atoms with Crippen molar-refractivity contribution in [2.45, 2.75) is 0 Å². The number of anilines is 1. The highest BCUT2D eigenvalue weighted by Crippen LogP contribution is 2.29. The summed E-state index contributed by atoms with van der Waals surface area (Å²) in [7, 11) is 0. The molecule has 1 aromatic carbocycles. The Hall–Kier alpha value is -2.26. The number of nitro benzene ring substituents is 1. The molecular formula is C16H21FN4O4. The molecule has 0 spiro atoms. The van der Waals surface area contributed by atoms with Crippen molar-refractivity contribution in [2.24, 2.45) is 0 Å². The van der Waals surface area contributed by atoms with Gasteiger partial charge in [0.05, 0.1) is 24.7 Å². The molecule has 1 aromatic rings. The number of piperazine rings is 1. The number of rotatable bonds is 4. The van der Waals surface area contributed by atoms with Crippen molar-refractivity contribution >= 4 is 17.3 Å². The normalized spacial score (nSPS) is 19.1. The van der Waals surface area contributed by atoms with Crippen LogP contribution < -0.4 is 4.90 Å². The maximum absolute atomic E-state index is 13.5. The summed E-state index contributed by atoms with van der Waals surface area (Å²) in [4.78, 5) is 28.6. The van der Waals surface area contributed by atoms with E-state index in [9.17, 15) is 19.3 Å². The monoisotopic (exact) mass is 352 g/mol. The molecule has 0 unspecified atom stereocenters. The molecule has 2 heterocycles. The summed E-state index contributed by atoms with van der Waals surface area (Å²) in [5, 5.41) is 11.1. The third-order valence-corrected chi connectivity index (χ3v) is 4.57. The van der Waals surface area contributed by atoms with E-state index in [2.05, 4.69) is 0 Å². The predicted molar refractivity (Wildman–Crippen MR) is 89.1 cm³/mol. The maximum atomic E-state index is 13.5. The first kappa shape index (κ1) is 17.6. The van der Waals surface area contributed by atoms with Gasteiger partial charge in [-0.1, -0.05) is 0 Å². The summed E-state index contributed by atoms with van der Waals surface area (Å²) in [5.74, 6) is -0.418. The minimum atomic E-state index is -0.497. The zero-order valence-electron chi connectivity index (χ0n) is 13.9. The van der Waals surface area contributed by atoms with Gasteiger partial charge in [-0.05, 0) is 6.07 Å². The molecular weight excluding hydrogens is 331 g/mol. The SMILES string of the molecule is O=C(CN1CCN(c2cc(F)ccc2[N+](=O)[O-])CC1)N1CCOCC1. The molecule has 0 aliphatic carbocycles. The van der Waals surface area contributed by atoms with Crippen LogP contribution in [-0.2, 0) is 9.53 Å². The molecule has 0 N–H and O–H groups in total. The molecule has 2 aliphatic heterocycles. The molecule has 0 bridgehead atoms. The second-order valence-electron chi connectivity index (χ2n) is 6.15. The molecule has 8 nitrogen and oxygen atoms in total. The summed E-state index contributed by atoms with van der Waals surface area (Å²) in [6, 6.07) is 3.49. The van der Waals surface area contributed by atoms with Crippen LogP contribution in [0.5, 0.6) is 0 Å². The second-order valence-corrected chi connectivity index (χ2v) is 6.15. The van der Waals surface area contributed by atoms with Gasteiger partial charge in [0, 0.05) is 51.4 Å². The van der Waals surface area contributed by atoms with Crippen LogP contribution in [-0.4, -0.2) is 79.7 Å². The van der Waals surface area contributed by atoms with Crippen molar-refractivity contribution in [3.05, 3.63) is 34.1 Å². The highest BCUT2D eigenvalue weighted by Gasteiger charge is 2.26. The predicted octanol–water partition coefficient (Wildman–Crippen LogP) is 0.715. The Balaban J connectivity index is 1.58. The van der Waals surface area contributed by atoms with Crippen molar-refractivity contribution < 1.29 is 18.8 Å². The van der Waals surface area contributed by atoms with E-state index in [1.54, 1.807) is 9.80 Å². The molecule has 0 aromatic heterocycles.